The van der Waals surface area contributed by atoms with Crippen LogP contribution in [0.4, 0.5) is 0 Å². The molecule has 0 saturated carbocycles. The Morgan fingerprint density at radius 2 is 2.00 bits per heavy atom. The molecule has 1 nitrogen and oxygen atoms in total. The van der Waals surface area contributed by atoms with Crippen LogP contribution in [-0.4, -0.2) is 12.6 Å². The van der Waals surface area contributed by atoms with Gasteiger partial charge in [-0.3, -0.25) is 0 Å². The van der Waals surface area contributed by atoms with Gasteiger partial charge in [0.2, 0.25) is 0 Å². The Balaban J connectivity index is 3.22. The van der Waals surface area contributed by atoms with E-state index in [4.69, 9.17) is 6.42 Å². The van der Waals surface area contributed by atoms with E-state index in [1.807, 2.05) is 0 Å². The van der Waals surface area contributed by atoms with Crippen LogP contribution in [0.15, 0.2) is 0 Å². The van der Waals surface area contributed by atoms with Crippen LogP contribution in [0.25, 0.3) is 0 Å². The molecule has 52 valence electrons. The lowest BCUT2D eigenvalue weighted by molar-refractivity contribution is 0.514. The van der Waals surface area contributed by atoms with Gasteiger partial charge in [-0.1, -0.05) is 19.8 Å². The molecule has 0 fully saturated rings. The largest absolute Gasteiger partial charge is 0.303 e. The summed E-state index contributed by atoms with van der Waals surface area (Å²) in [5.74, 6) is 2.56. The lowest BCUT2D eigenvalue weighted by atomic mass is 10.2. The molecule has 1 N–H and O–H groups in total. The Bertz CT molecular complexity index is 87.2. The molecule has 0 saturated heterocycles. The van der Waals surface area contributed by atoms with E-state index in [1.165, 1.54) is 0 Å². The van der Waals surface area contributed by atoms with Crippen molar-refractivity contribution in [2.45, 2.75) is 32.7 Å². The molecule has 0 aromatic rings. The molecule has 0 bridgehead atoms. The first kappa shape index (κ1) is 8.52. The Morgan fingerprint density at radius 3 is 2.33 bits per heavy atom. The van der Waals surface area contributed by atoms with Crippen molar-refractivity contribution in [1.82, 2.24) is 5.32 Å². The minimum Gasteiger partial charge on any atom is -0.303 e. The van der Waals surface area contributed by atoms with Crippen LogP contribution < -0.4 is 5.32 Å². The molecule has 0 aromatic carbocycles. The van der Waals surface area contributed by atoms with Gasteiger partial charge in [0.1, 0.15) is 0 Å². The highest BCUT2D eigenvalue weighted by Crippen LogP contribution is 1.93. The number of hydrogen-bond acceptors (Lipinski definition) is 1. The van der Waals surface area contributed by atoms with Gasteiger partial charge in [-0.25, -0.2) is 0 Å². The fourth-order valence-corrected chi connectivity index (χ4v) is 0.781. The highest BCUT2D eigenvalue weighted by atomic mass is 14.9. The summed E-state index contributed by atoms with van der Waals surface area (Å²) >= 11 is 0. The molecule has 0 aliphatic rings. The van der Waals surface area contributed by atoms with Crippen LogP contribution in [0, 0.1) is 12.3 Å². The van der Waals surface area contributed by atoms with E-state index >= 15 is 0 Å². The third-order valence-electron chi connectivity index (χ3n) is 1.48. The van der Waals surface area contributed by atoms with E-state index in [2.05, 4.69) is 25.1 Å². The fourth-order valence-electron chi connectivity index (χ4n) is 0.781. The van der Waals surface area contributed by atoms with Gasteiger partial charge in [-0.2, -0.15) is 0 Å². The molecule has 0 aliphatic carbocycles. The quantitative estimate of drug-likeness (QED) is 0.560. The molecule has 0 rings (SSSR count). The summed E-state index contributed by atoms with van der Waals surface area (Å²) < 4.78 is 0. The zero-order chi connectivity index (χ0) is 7.11. The highest BCUT2D eigenvalue weighted by molar-refractivity contribution is 4.87. The third-order valence-corrected chi connectivity index (χ3v) is 1.48. The number of nitrogens with one attached hydrogen (secondary N) is 1. The predicted octanol–water partition coefficient (Wildman–Crippen LogP) is 1.40. The van der Waals surface area contributed by atoms with E-state index in [0.29, 0.717) is 12.6 Å². The molecular weight excluding hydrogens is 110 g/mol. The van der Waals surface area contributed by atoms with Crippen molar-refractivity contribution in [3.05, 3.63) is 0 Å². The molecule has 0 unspecified atom stereocenters. The predicted molar refractivity (Wildman–Crippen MR) is 41.2 cm³/mol. The maximum absolute atomic E-state index is 5.07. The third kappa shape index (κ3) is 4.05. The minimum atomic E-state index is 0.612. The van der Waals surface area contributed by atoms with E-state index in [1.54, 1.807) is 0 Å². The molecular formula is C8H15N. The number of hydrogen-bond donors (Lipinski definition) is 1. The average Bonchev–Trinajstić information content (AvgIpc) is 1.91. The lowest BCUT2D eigenvalue weighted by Gasteiger charge is -2.10. The summed E-state index contributed by atoms with van der Waals surface area (Å²) in [7, 11) is 0. The van der Waals surface area contributed by atoms with E-state index in [9.17, 15) is 0 Å². The van der Waals surface area contributed by atoms with E-state index < -0.39 is 0 Å². The monoisotopic (exact) mass is 125 g/mol. The van der Waals surface area contributed by atoms with Gasteiger partial charge < -0.3 is 5.32 Å². The molecule has 0 amide bonds. The van der Waals surface area contributed by atoms with Crippen molar-refractivity contribution < 1.29 is 0 Å². The second-order valence-corrected chi connectivity index (χ2v) is 2.10. The van der Waals surface area contributed by atoms with Gasteiger partial charge in [0, 0.05) is 6.04 Å². The second kappa shape index (κ2) is 5.65. The summed E-state index contributed by atoms with van der Waals surface area (Å²) in [4.78, 5) is 0. The van der Waals surface area contributed by atoms with Gasteiger partial charge >= 0.3 is 0 Å². The molecule has 0 heterocycles. The zero-order valence-electron chi connectivity index (χ0n) is 6.28. The van der Waals surface area contributed by atoms with Crippen LogP contribution in [0.1, 0.15) is 26.7 Å². The van der Waals surface area contributed by atoms with Gasteiger partial charge in [0.05, 0.1) is 6.54 Å². The van der Waals surface area contributed by atoms with Crippen LogP contribution >= 0.6 is 0 Å². The molecule has 0 aliphatic heterocycles. The SMILES string of the molecule is C#CCNC(CC)CC. The van der Waals surface area contributed by atoms with Crippen molar-refractivity contribution in [3.63, 3.8) is 0 Å². The molecule has 0 spiro atoms. The summed E-state index contributed by atoms with van der Waals surface area (Å²) in [6.45, 7) is 5.03. The van der Waals surface area contributed by atoms with Crippen LogP contribution in [0.3, 0.4) is 0 Å². The van der Waals surface area contributed by atoms with Gasteiger partial charge in [-0.05, 0) is 12.8 Å². The molecule has 0 radical (unpaired) electrons. The molecule has 0 atom stereocenters. The highest BCUT2D eigenvalue weighted by Gasteiger charge is 1.97. The number of rotatable bonds is 4. The summed E-state index contributed by atoms with van der Waals surface area (Å²) in [5.41, 5.74) is 0. The van der Waals surface area contributed by atoms with Gasteiger partial charge in [0.15, 0.2) is 0 Å². The number of terminal acetylenes is 1. The maximum Gasteiger partial charge on any atom is 0.0575 e. The Hall–Kier alpha value is -0.480. The van der Waals surface area contributed by atoms with Crippen molar-refractivity contribution in [2.75, 3.05) is 6.54 Å². The summed E-state index contributed by atoms with van der Waals surface area (Å²) in [6.07, 6.45) is 7.40. The lowest BCUT2D eigenvalue weighted by Crippen LogP contribution is -2.27. The molecule has 1 heteroatoms. The van der Waals surface area contributed by atoms with Crippen LogP contribution in [-0.2, 0) is 0 Å². The maximum atomic E-state index is 5.07. The zero-order valence-corrected chi connectivity index (χ0v) is 6.28. The van der Waals surface area contributed by atoms with E-state index in [-0.39, 0.29) is 0 Å². The standard InChI is InChI=1S/C8H15N/c1-4-7-9-8(5-2)6-3/h1,8-9H,5-7H2,2-3H3. The smallest absolute Gasteiger partial charge is 0.0575 e. The Morgan fingerprint density at radius 1 is 1.44 bits per heavy atom. The first-order valence-electron chi connectivity index (χ1n) is 3.52. The normalized spacial score (nSPS) is 9.56. The van der Waals surface area contributed by atoms with Crippen molar-refractivity contribution >= 4 is 0 Å². The van der Waals surface area contributed by atoms with Crippen molar-refractivity contribution in [1.29, 1.82) is 0 Å². The Kier molecular flexibility index (Phi) is 5.35. The van der Waals surface area contributed by atoms with Crippen molar-refractivity contribution in [2.24, 2.45) is 0 Å². The van der Waals surface area contributed by atoms with Crippen LogP contribution in [0.2, 0.25) is 0 Å². The van der Waals surface area contributed by atoms with Crippen LogP contribution in [0.5, 0.6) is 0 Å². The summed E-state index contributed by atoms with van der Waals surface area (Å²) in [6, 6.07) is 0.612. The van der Waals surface area contributed by atoms with Gasteiger partial charge in [-0.15, -0.1) is 6.42 Å². The minimum absolute atomic E-state index is 0.612. The molecule has 9 heavy (non-hydrogen) atoms. The van der Waals surface area contributed by atoms with Crippen molar-refractivity contribution in [3.8, 4) is 12.3 Å². The average molecular weight is 125 g/mol. The first-order valence-corrected chi connectivity index (χ1v) is 3.52. The second-order valence-electron chi connectivity index (χ2n) is 2.10. The van der Waals surface area contributed by atoms with Gasteiger partial charge in [0.25, 0.3) is 0 Å². The molecule has 0 aromatic heterocycles. The fraction of sp³-hybridized carbons (Fsp3) is 0.750. The topological polar surface area (TPSA) is 12.0 Å². The summed E-state index contributed by atoms with van der Waals surface area (Å²) in [5, 5.41) is 3.23. The van der Waals surface area contributed by atoms with E-state index in [0.717, 1.165) is 12.8 Å². The first-order chi connectivity index (χ1) is 4.35. The Labute approximate surface area is 57.8 Å².